The molecule has 0 spiro atoms. The molecule has 0 bridgehead atoms. The first-order valence-corrected chi connectivity index (χ1v) is 10.8. The molecule has 0 aliphatic heterocycles. The molecule has 1 aromatic rings. The van der Waals surface area contributed by atoms with E-state index in [-0.39, 0.29) is 18.4 Å². The number of hydrogen-bond donors (Lipinski definition) is 1. The highest BCUT2D eigenvalue weighted by atomic mass is 16.5. The van der Waals surface area contributed by atoms with E-state index in [1.54, 1.807) is 7.11 Å². The van der Waals surface area contributed by atoms with Gasteiger partial charge in [-0.1, -0.05) is 49.6 Å². The highest BCUT2D eigenvalue weighted by Crippen LogP contribution is 2.56. The maximum atomic E-state index is 13.3. The summed E-state index contributed by atoms with van der Waals surface area (Å²) in [6.45, 7) is 2.10. The number of carbonyl (C=O) groups excluding carboxylic acids is 1. The molecule has 4 rings (SSSR count). The van der Waals surface area contributed by atoms with E-state index in [0.717, 1.165) is 48.8 Å². The smallest absolute Gasteiger partial charge is 0.337 e. The summed E-state index contributed by atoms with van der Waals surface area (Å²) in [6, 6.07) is 5.82. The molecule has 3 aliphatic rings. The second kappa shape index (κ2) is 8.19. The van der Waals surface area contributed by atoms with Crippen LogP contribution in [0.2, 0.25) is 0 Å². The summed E-state index contributed by atoms with van der Waals surface area (Å²) in [5.74, 6) is 0.349. The zero-order chi connectivity index (χ0) is 20.4. The summed E-state index contributed by atoms with van der Waals surface area (Å²) in [7, 11) is 1.63. The summed E-state index contributed by atoms with van der Waals surface area (Å²) < 4.78 is 11.0. The summed E-state index contributed by atoms with van der Waals surface area (Å²) in [4.78, 5) is 13.3. The molecule has 0 aromatic heterocycles. The number of carbonyl (C=O) groups is 1. The molecule has 2 atom stereocenters. The Balaban J connectivity index is 1.95. The lowest BCUT2D eigenvalue weighted by Gasteiger charge is -2.38. The Morgan fingerprint density at radius 2 is 2.00 bits per heavy atom. The van der Waals surface area contributed by atoms with Crippen LogP contribution in [0, 0.1) is 11.8 Å². The van der Waals surface area contributed by atoms with Crippen LogP contribution in [0.3, 0.4) is 0 Å². The van der Waals surface area contributed by atoms with Crippen LogP contribution in [0.4, 0.5) is 0 Å². The maximum Gasteiger partial charge on any atom is 0.337 e. The minimum Gasteiger partial charge on any atom is -0.497 e. The van der Waals surface area contributed by atoms with Crippen molar-refractivity contribution in [1.29, 1.82) is 0 Å². The van der Waals surface area contributed by atoms with Gasteiger partial charge in [0, 0.05) is 5.92 Å². The highest BCUT2D eigenvalue weighted by molar-refractivity contribution is 6.04. The Labute approximate surface area is 172 Å². The lowest BCUT2D eigenvalue weighted by Crippen LogP contribution is -2.40. The first kappa shape index (κ1) is 20.0. The molecular weight excluding hydrogens is 364 g/mol. The second-order valence-corrected chi connectivity index (χ2v) is 8.18. The Morgan fingerprint density at radius 1 is 1.21 bits per heavy atom. The third-order valence-electron chi connectivity index (χ3n) is 6.60. The van der Waals surface area contributed by atoms with Gasteiger partial charge in [0.15, 0.2) is 0 Å². The topological polar surface area (TPSA) is 55.8 Å². The number of hydrogen-bond acceptors (Lipinski definition) is 4. The van der Waals surface area contributed by atoms with E-state index in [1.807, 2.05) is 37.3 Å². The van der Waals surface area contributed by atoms with Crippen molar-refractivity contribution in [2.75, 3.05) is 13.7 Å². The summed E-state index contributed by atoms with van der Waals surface area (Å²) in [6.07, 6.45) is 14.2. The Bertz CT molecular complexity index is 873. The molecule has 1 N–H and O–H groups in total. The number of aliphatic hydroxyl groups is 1. The molecule has 154 valence electrons. The fourth-order valence-electron chi connectivity index (χ4n) is 5.27. The number of ether oxygens (including phenoxy) is 2. The van der Waals surface area contributed by atoms with Gasteiger partial charge < -0.3 is 14.6 Å². The highest BCUT2D eigenvalue weighted by Gasteiger charge is 2.53. The van der Waals surface area contributed by atoms with Crippen molar-refractivity contribution in [1.82, 2.24) is 0 Å². The SMILES string of the molecule is CCOC(=O)C1=C(C2C=CC=CC2)c2ccc(OC)cc2C1(O)C1CCCCC1. The van der Waals surface area contributed by atoms with Crippen LogP contribution in [-0.4, -0.2) is 24.8 Å². The van der Waals surface area contributed by atoms with Crippen molar-refractivity contribution in [3.8, 4) is 5.75 Å². The summed E-state index contributed by atoms with van der Waals surface area (Å²) >= 11 is 0. The minimum absolute atomic E-state index is 0.00197. The standard InChI is InChI=1S/C25H30O4/c1-3-29-24(26)23-22(17-10-6-4-7-11-17)20-15-14-19(28-2)16-21(20)25(23,27)18-12-8-5-9-13-18/h4,6-7,10,14-18,27H,3,5,8-9,11-13H2,1-2H3. The van der Waals surface area contributed by atoms with E-state index in [2.05, 4.69) is 12.2 Å². The number of methoxy groups -OCH3 is 1. The lowest BCUT2D eigenvalue weighted by atomic mass is 9.71. The molecule has 1 saturated carbocycles. The van der Waals surface area contributed by atoms with Gasteiger partial charge in [-0.2, -0.15) is 0 Å². The van der Waals surface area contributed by atoms with Gasteiger partial charge in [-0.3, -0.25) is 0 Å². The number of esters is 1. The first-order chi connectivity index (χ1) is 14.1. The van der Waals surface area contributed by atoms with Crippen molar-refractivity contribution < 1.29 is 19.4 Å². The molecule has 1 fully saturated rings. The number of benzene rings is 1. The van der Waals surface area contributed by atoms with E-state index in [4.69, 9.17) is 9.47 Å². The Morgan fingerprint density at radius 3 is 2.66 bits per heavy atom. The van der Waals surface area contributed by atoms with E-state index in [1.165, 1.54) is 6.42 Å². The largest absolute Gasteiger partial charge is 0.497 e. The molecule has 2 unspecified atom stereocenters. The van der Waals surface area contributed by atoms with E-state index >= 15 is 0 Å². The van der Waals surface area contributed by atoms with Gasteiger partial charge in [0.05, 0.1) is 19.3 Å². The van der Waals surface area contributed by atoms with Crippen molar-refractivity contribution in [2.45, 2.75) is 51.0 Å². The number of allylic oxidation sites excluding steroid dienone is 5. The molecule has 1 aromatic carbocycles. The first-order valence-electron chi connectivity index (χ1n) is 10.8. The van der Waals surface area contributed by atoms with E-state index < -0.39 is 11.6 Å². The van der Waals surface area contributed by atoms with Crippen molar-refractivity contribution >= 4 is 11.5 Å². The number of rotatable bonds is 5. The van der Waals surface area contributed by atoms with E-state index in [0.29, 0.717) is 11.3 Å². The van der Waals surface area contributed by atoms with Crippen LogP contribution < -0.4 is 4.74 Å². The molecule has 0 saturated heterocycles. The van der Waals surface area contributed by atoms with Gasteiger partial charge in [0.1, 0.15) is 11.4 Å². The molecular formula is C25H30O4. The summed E-state index contributed by atoms with van der Waals surface area (Å²) in [5.41, 5.74) is 1.77. The molecule has 29 heavy (non-hydrogen) atoms. The fraction of sp³-hybridized carbons (Fsp3) is 0.480. The maximum absolute atomic E-state index is 13.3. The van der Waals surface area contributed by atoms with Crippen LogP contribution in [0.5, 0.6) is 5.75 Å². The van der Waals surface area contributed by atoms with Crippen LogP contribution >= 0.6 is 0 Å². The predicted molar refractivity (Wildman–Crippen MR) is 113 cm³/mol. The van der Waals surface area contributed by atoms with Crippen LogP contribution in [0.25, 0.3) is 5.57 Å². The molecule has 3 aliphatic carbocycles. The summed E-state index contributed by atoms with van der Waals surface area (Å²) in [5, 5.41) is 12.3. The van der Waals surface area contributed by atoms with Gasteiger partial charge in [-0.05, 0) is 60.9 Å². The average Bonchev–Trinajstić information content (AvgIpc) is 3.04. The van der Waals surface area contributed by atoms with Gasteiger partial charge >= 0.3 is 5.97 Å². The fourth-order valence-corrected chi connectivity index (χ4v) is 5.27. The van der Waals surface area contributed by atoms with Crippen LogP contribution in [-0.2, 0) is 15.1 Å². The molecule has 4 heteroatoms. The predicted octanol–water partition coefficient (Wildman–Crippen LogP) is 4.93. The quantitative estimate of drug-likeness (QED) is 0.720. The molecule has 0 radical (unpaired) electrons. The van der Waals surface area contributed by atoms with Crippen molar-refractivity contribution in [2.24, 2.45) is 11.8 Å². The zero-order valence-electron chi connectivity index (χ0n) is 17.3. The van der Waals surface area contributed by atoms with Gasteiger partial charge in [0.25, 0.3) is 0 Å². The van der Waals surface area contributed by atoms with Crippen LogP contribution in [0.15, 0.2) is 48.1 Å². The van der Waals surface area contributed by atoms with Crippen molar-refractivity contribution in [3.05, 3.63) is 59.2 Å². The lowest BCUT2D eigenvalue weighted by molar-refractivity contribution is -0.142. The monoisotopic (exact) mass is 394 g/mol. The average molecular weight is 395 g/mol. The molecule has 0 amide bonds. The second-order valence-electron chi connectivity index (χ2n) is 8.18. The van der Waals surface area contributed by atoms with Gasteiger partial charge in [-0.15, -0.1) is 0 Å². The van der Waals surface area contributed by atoms with Gasteiger partial charge in [-0.25, -0.2) is 4.79 Å². The van der Waals surface area contributed by atoms with E-state index in [9.17, 15) is 9.90 Å². The number of fused-ring (bicyclic) bond motifs is 1. The Kier molecular flexibility index (Phi) is 5.64. The van der Waals surface area contributed by atoms with Gasteiger partial charge in [0.2, 0.25) is 0 Å². The third-order valence-corrected chi connectivity index (χ3v) is 6.60. The minimum atomic E-state index is -1.33. The van der Waals surface area contributed by atoms with Crippen molar-refractivity contribution in [3.63, 3.8) is 0 Å². The van der Waals surface area contributed by atoms with Crippen LogP contribution in [0.1, 0.15) is 56.6 Å². The molecule has 4 nitrogen and oxygen atoms in total. The zero-order valence-corrected chi connectivity index (χ0v) is 17.3. The normalized spacial score (nSPS) is 26.5. The Hall–Kier alpha value is -2.33. The third kappa shape index (κ3) is 3.33. The molecule has 0 heterocycles.